The van der Waals surface area contributed by atoms with Crippen molar-refractivity contribution in [3.63, 3.8) is 0 Å². The molecule has 2 fully saturated rings. The zero-order valence-corrected chi connectivity index (χ0v) is 11.5. The van der Waals surface area contributed by atoms with Crippen molar-refractivity contribution in [2.75, 3.05) is 32.0 Å². The zero-order valence-electron chi connectivity index (χ0n) is 11.5. The number of aromatic nitrogens is 2. The molecule has 0 spiro atoms. The van der Waals surface area contributed by atoms with Crippen molar-refractivity contribution in [3.05, 3.63) is 12.3 Å². The summed E-state index contributed by atoms with van der Waals surface area (Å²) in [6.07, 6.45) is 8.56. The lowest BCUT2D eigenvalue weighted by Crippen LogP contribution is -2.36. The third kappa shape index (κ3) is 3.28. The average Bonchev–Trinajstić information content (AvgIpc) is 3.08. The van der Waals surface area contributed by atoms with Gasteiger partial charge in [-0.3, -0.25) is 4.68 Å². The molecule has 5 nitrogen and oxygen atoms in total. The van der Waals surface area contributed by atoms with Crippen molar-refractivity contribution in [1.29, 1.82) is 0 Å². The number of hydrogen-bond donors (Lipinski definition) is 1. The number of nitrogen functional groups attached to an aromatic ring is 1. The van der Waals surface area contributed by atoms with Crippen LogP contribution in [0.2, 0.25) is 0 Å². The maximum atomic E-state index is 5.68. The Morgan fingerprint density at radius 2 is 2.16 bits per heavy atom. The topological polar surface area (TPSA) is 56.3 Å². The first-order chi connectivity index (χ1) is 9.31. The van der Waals surface area contributed by atoms with Crippen LogP contribution in [0.5, 0.6) is 0 Å². The lowest BCUT2D eigenvalue weighted by molar-refractivity contribution is 0.0850. The van der Waals surface area contributed by atoms with Crippen LogP contribution in [-0.2, 0) is 4.74 Å². The molecule has 2 aliphatic rings. The van der Waals surface area contributed by atoms with Gasteiger partial charge in [0.05, 0.1) is 12.1 Å². The second kappa shape index (κ2) is 5.92. The van der Waals surface area contributed by atoms with Gasteiger partial charge < -0.3 is 15.4 Å². The summed E-state index contributed by atoms with van der Waals surface area (Å²) < 4.78 is 7.72. The highest BCUT2D eigenvalue weighted by Gasteiger charge is 2.22. The van der Waals surface area contributed by atoms with Crippen LogP contribution in [-0.4, -0.2) is 47.0 Å². The van der Waals surface area contributed by atoms with Crippen LogP contribution >= 0.6 is 0 Å². The van der Waals surface area contributed by atoms with Crippen LogP contribution in [0.4, 0.5) is 5.82 Å². The van der Waals surface area contributed by atoms with Crippen LogP contribution in [0.3, 0.4) is 0 Å². The normalized spacial score (nSPS) is 26.0. The van der Waals surface area contributed by atoms with Gasteiger partial charge in [-0.05, 0) is 38.2 Å². The molecule has 3 rings (SSSR count). The molecule has 5 heteroatoms. The molecule has 2 N–H and O–H groups in total. The van der Waals surface area contributed by atoms with E-state index < -0.39 is 0 Å². The summed E-state index contributed by atoms with van der Waals surface area (Å²) in [5.74, 6) is 0.626. The van der Waals surface area contributed by atoms with E-state index in [1.54, 1.807) is 0 Å². The quantitative estimate of drug-likeness (QED) is 0.899. The summed E-state index contributed by atoms with van der Waals surface area (Å²) >= 11 is 0. The number of nitrogens with two attached hydrogens (primary N) is 1. The molecule has 1 aromatic heterocycles. The molecule has 0 aromatic carbocycles. The highest BCUT2D eigenvalue weighted by Crippen LogP contribution is 2.23. The highest BCUT2D eigenvalue weighted by molar-refractivity contribution is 5.24. The third-order valence-corrected chi connectivity index (χ3v) is 4.35. The fourth-order valence-corrected chi connectivity index (χ4v) is 3.16. The molecule has 1 atom stereocenters. The standard InChI is InChI=1S/C14H24N4O/c15-14-6-10-18(16-14)12-3-7-17(8-4-12)9-5-13-2-1-11-19-13/h6,10,12-13H,1-5,7-9,11H2,(H2,15,16). The Hall–Kier alpha value is -1.07. The first-order valence-corrected chi connectivity index (χ1v) is 7.46. The van der Waals surface area contributed by atoms with Crippen LogP contribution in [0, 0.1) is 0 Å². The smallest absolute Gasteiger partial charge is 0.145 e. The summed E-state index contributed by atoms with van der Waals surface area (Å²) in [7, 11) is 0. The Bertz CT molecular complexity index is 392. The van der Waals surface area contributed by atoms with Gasteiger partial charge in [-0.2, -0.15) is 5.10 Å². The van der Waals surface area contributed by atoms with E-state index in [9.17, 15) is 0 Å². The fourth-order valence-electron chi connectivity index (χ4n) is 3.16. The Balaban J connectivity index is 1.41. The number of likely N-dealkylation sites (tertiary alicyclic amines) is 1. The Morgan fingerprint density at radius 3 is 2.79 bits per heavy atom. The minimum absolute atomic E-state index is 0.517. The third-order valence-electron chi connectivity index (χ3n) is 4.35. The lowest BCUT2D eigenvalue weighted by Gasteiger charge is -2.32. The Kier molecular flexibility index (Phi) is 4.03. The van der Waals surface area contributed by atoms with Crippen molar-refractivity contribution >= 4 is 5.82 Å². The molecule has 19 heavy (non-hydrogen) atoms. The van der Waals surface area contributed by atoms with Crippen LogP contribution < -0.4 is 5.73 Å². The van der Waals surface area contributed by atoms with Crippen LogP contribution in [0.15, 0.2) is 12.3 Å². The Labute approximate surface area is 114 Å². The largest absolute Gasteiger partial charge is 0.382 e. The number of piperidine rings is 1. The molecule has 0 radical (unpaired) electrons. The van der Waals surface area contributed by atoms with Gasteiger partial charge in [0.25, 0.3) is 0 Å². The van der Waals surface area contributed by atoms with Gasteiger partial charge >= 0.3 is 0 Å². The summed E-state index contributed by atoms with van der Waals surface area (Å²) in [5, 5.41) is 4.32. The van der Waals surface area contributed by atoms with E-state index in [2.05, 4.69) is 10.00 Å². The molecular weight excluding hydrogens is 240 g/mol. The molecule has 1 unspecified atom stereocenters. The fraction of sp³-hybridized carbons (Fsp3) is 0.786. The molecule has 0 amide bonds. The highest BCUT2D eigenvalue weighted by atomic mass is 16.5. The van der Waals surface area contributed by atoms with Crippen molar-refractivity contribution in [2.45, 2.75) is 44.2 Å². The molecule has 106 valence electrons. The maximum absolute atomic E-state index is 5.68. The molecule has 0 bridgehead atoms. The van der Waals surface area contributed by atoms with E-state index in [1.165, 1.54) is 38.6 Å². The second-order valence-corrected chi connectivity index (χ2v) is 5.72. The molecular formula is C14H24N4O. The first kappa shape index (κ1) is 12.9. The minimum atomic E-state index is 0.517. The van der Waals surface area contributed by atoms with E-state index in [1.807, 2.05) is 16.9 Å². The zero-order chi connectivity index (χ0) is 13.1. The summed E-state index contributed by atoms with van der Waals surface area (Å²) in [5.41, 5.74) is 5.67. The van der Waals surface area contributed by atoms with Gasteiger partial charge in [0.2, 0.25) is 0 Å². The number of hydrogen-bond acceptors (Lipinski definition) is 4. The molecule has 3 heterocycles. The van der Waals surface area contributed by atoms with Crippen molar-refractivity contribution in [2.24, 2.45) is 0 Å². The van der Waals surface area contributed by atoms with Crippen LogP contribution in [0.25, 0.3) is 0 Å². The Morgan fingerprint density at radius 1 is 1.32 bits per heavy atom. The van der Waals surface area contributed by atoms with E-state index in [0.29, 0.717) is 18.0 Å². The van der Waals surface area contributed by atoms with E-state index in [-0.39, 0.29) is 0 Å². The second-order valence-electron chi connectivity index (χ2n) is 5.72. The van der Waals surface area contributed by atoms with Gasteiger partial charge in [-0.1, -0.05) is 0 Å². The molecule has 0 saturated carbocycles. The van der Waals surface area contributed by atoms with Gasteiger partial charge in [-0.25, -0.2) is 0 Å². The number of anilines is 1. The van der Waals surface area contributed by atoms with Gasteiger partial charge in [0, 0.05) is 32.4 Å². The summed E-state index contributed by atoms with van der Waals surface area (Å²) in [4.78, 5) is 2.56. The van der Waals surface area contributed by atoms with Crippen molar-refractivity contribution in [3.8, 4) is 0 Å². The minimum Gasteiger partial charge on any atom is -0.382 e. The maximum Gasteiger partial charge on any atom is 0.145 e. The van der Waals surface area contributed by atoms with Gasteiger partial charge in [0.15, 0.2) is 0 Å². The van der Waals surface area contributed by atoms with Crippen LogP contribution in [0.1, 0.15) is 38.1 Å². The molecule has 0 aliphatic carbocycles. The van der Waals surface area contributed by atoms with Gasteiger partial charge in [-0.15, -0.1) is 0 Å². The molecule has 2 aliphatic heterocycles. The summed E-state index contributed by atoms with van der Waals surface area (Å²) in [6.45, 7) is 4.47. The SMILES string of the molecule is Nc1ccn(C2CCN(CCC3CCCO3)CC2)n1. The molecule has 1 aromatic rings. The molecule has 2 saturated heterocycles. The van der Waals surface area contributed by atoms with Crippen molar-refractivity contribution < 1.29 is 4.74 Å². The van der Waals surface area contributed by atoms with E-state index >= 15 is 0 Å². The predicted octanol–water partition coefficient (Wildman–Crippen LogP) is 1.67. The first-order valence-electron chi connectivity index (χ1n) is 7.46. The number of nitrogens with zero attached hydrogens (tertiary/aromatic N) is 3. The lowest BCUT2D eigenvalue weighted by atomic mass is 10.0. The number of ether oxygens (including phenoxy) is 1. The summed E-state index contributed by atoms with van der Waals surface area (Å²) in [6, 6.07) is 2.40. The average molecular weight is 264 g/mol. The van der Waals surface area contributed by atoms with Gasteiger partial charge in [0.1, 0.15) is 5.82 Å². The monoisotopic (exact) mass is 264 g/mol. The number of rotatable bonds is 4. The van der Waals surface area contributed by atoms with E-state index in [0.717, 1.165) is 19.7 Å². The predicted molar refractivity (Wildman–Crippen MR) is 74.9 cm³/mol. The van der Waals surface area contributed by atoms with E-state index in [4.69, 9.17) is 10.5 Å². The van der Waals surface area contributed by atoms with Crippen molar-refractivity contribution in [1.82, 2.24) is 14.7 Å².